The normalized spacial score (nSPS) is 11.4. The molecule has 0 saturated heterocycles. The van der Waals surface area contributed by atoms with Crippen molar-refractivity contribution < 1.29 is 18.0 Å². The van der Waals surface area contributed by atoms with Gasteiger partial charge >= 0.3 is 0 Å². The lowest BCUT2D eigenvalue weighted by Crippen LogP contribution is -2.13. The maximum Gasteiger partial charge on any atom is 0.261 e. The first-order valence-corrected chi connectivity index (χ1v) is 8.87. The Balaban J connectivity index is 2.03. The number of benzene rings is 2. The monoisotopic (exact) mass is 348 g/mol. The van der Waals surface area contributed by atoms with Crippen molar-refractivity contribution in [1.29, 1.82) is 0 Å². The van der Waals surface area contributed by atoms with Crippen LogP contribution in [0.15, 0.2) is 58.6 Å². The molecule has 0 heterocycles. The molecule has 1 N–H and O–H groups in total. The summed E-state index contributed by atoms with van der Waals surface area (Å²) in [5, 5.41) is 3.61. The van der Waals surface area contributed by atoms with Gasteiger partial charge in [-0.15, -0.1) is 0 Å². The van der Waals surface area contributed by atoms with Crippen LogP contribution in [-0.2, 0) is 14.9 Å². The minimum absolute atomic E-state index is 0.218. The van der Waals surface area contributed by atoms with Crippen LogP contribution in [0, 0.1) is 6.92 Å². The average molecular weight is 348 g/mol. The molecule has 0 bridgehead atoms. The van der Waals surface area contributed by atoms with E-state index in [4.69, 9.17) is 4.74 Å². The average Bonchev–Trinajstić information content (AvgIpc) is 2.55. The van der Waals surface area contributed by atoms with Gasteiger partial charge in [-0.3, -0.25) is 4.72 Å². The standard InChI is InChI=1S/C17H20N2O4S/c1-14-7-9-17(10-8-14)24(20,21)19-15-5-3-6-16(13-15)23-12-4-11-18-22-2/h3,5-11,13,19H,4,12H2,1-2H3. The Morgan fingerprint density at radius 3 is 2.62 bits per heavy atom. The van der Waals surface area contributed by atoms with Crippen molar-refractivity contribution in [2.45, 2.75) is 18.2 Å². The van der Waals surface area contributed by atoms with Gasteiger partial charge in [0.2, 0.25) is 0 Å². The quantitative estimate of drug-likeness (QED) is 0.451. The summed E-state index contributed by atoms with van der Waals surface area (Å²) in [6.07, 6.45) is 2.19. The first-order valence-electron chi connectivity index (χ1n) is 7.38. The fourth-order valence-electron chi connectivity index (χ4n) is 1.94. The lowest BCUT2D eigenvalue weighted by Gasteiger charge is -2.10. The van der Waals surface area contributed by atoms with Gasteiger partial charge in [-0.2, -0.15) is 0 Å². The zero-order valence-electron chi connectivity index (χ0n) is 13.6. The molecule has 0 radical (unpaired) electrons. The summed E-state index contributed by atoms with van der Waals surface area (Å²) >= 11 is 0. The third-order valence-electron chi connectivity index (χ3n) is 3.11. The highest BCUT2D eigenvalue weighted by atomic mass is 32.2. The maximum atomic E-state index is 12.4. The second-order valence-electron chi connectivity index (χ2n) is 5.05. The van der Waals surface area contributed by atoms with Crippen LogP contribution >= 0.6 is 0 Å². The van der Waals surface area contributed by atoms with Crippen LogP contribution in [0.2, 0.25) is 0 Å². The largest absolute Gasteiger partial charge is 0.493 e. The van der Waals surface area contributed by atoms with Crippen LogP contribution in [0.5, 0.6) is 5.75 Å². The Morgan fingerprint density at radius 1 is 1.17 bits per heavy atom. The molecule has 0 saturated carbocycles. The van der Waals surface area contributed by atoms with Crippen LogP contribution in [0.4, 0.5) is 5.69 Å². The molecule has 0 aliphatic carbocycles. The van der Waals surface area contributed by atoms with Crippen molar-refractivity contribution in [3.8, 4) is 5.75 Å². The molecule has 7 heteroatoms. The van der Waals surface area contributed by atoms with E-state index in [1.54, 1.807) is 54.7 Å². The number of rotatable bonds is 8. The van der Waals surface area contributed by atoms with E-state index in [0.29, 0.717) is 24.5 Å². The molecule has 2 aromatic carbocycles. The molecule has 2 rings (SSSR count). The van der Waals surface area contributed by atoms with Crippen molar-refractivity contribution in [2.75, 3.05) is 18.4 Å². The lowest BCUT2D eigenvalue weighted by molar-refractivity contribution is 0.213. The van der Waals surface area contributed by atoms with E-state index in [2.05, 4.69) is 14.7 Å². The van der Waals surface area contributed by atoms with Crippen LogP contribution in [0.1, 0.15) is 12.0 Å². The van der Waals surface area contributed by atoms with Gasteiger partial charge in [0.05, 0.1) is 17.2 Å². The molecule has 0 aliphatic rings. The van der Waals surface area contributed by atoms with E-state index >= 15 is 0 Å². The summed E-state index contributed by atoms with van der Waals surface area (Å²) in [4.78, 5) is 4.77. The Morgan fingerprint density at radius 2 is 1.92 bits per heavy atom. The molecular weight excluding hydrogens is 328 g/mol. The number of hydrogen-bond acceptors (Lipinski definition) is 5. The molecule has 0 unspecified atom stereocenters. The Hall–Kier alpha value is -2.54. The molecule has 0 fully saturated rings. The smallest absolute Gasteiger partial charge is 0.261 e. The van der Waals surface area contributed by atoms with Crippen molar-refractivity contribution >= 4 is 21.9 Å². The fraction of sp³-hybridized carbons (Fsp3) is 0.235. The summed E-state index contributed by atoms with van der Waals surface area (Å²) in [6, 6.07) is 13.5. The Kier molecular flexibility index (Phi) is 6.20. The predicted octanol–water partition coefficient (Wildman–Crippen LogP) is 3.20. The zero-order valence-corrected chi connectivity index (χ0v) is 14.4. The maximum absolute atomic E-state index is 12.4. The highest BCUT2D eigenvalue weighted by Crippen LogP contribution is 2.21. The number of aryl methyl sites for hydroxylation is 1. The SMILES string of the molecule is CON=CCCOc1cccc(NS(=O)(=O)c2ccc(C)cc2)c1. The molecule has 0 atom stereocenters. The minimum atomic E-state index is -3.62. The molecule has 0 aromatic heterocycles. The third kappa shape index (κ3) is 5.27. The van der Waals surface area contributed by atoms with E-state index in [9.17, 15) is 8.42 Å². The predicted molar refractivity (Wildman–Crippen MR) is 94.0 cm³/mol. The number of anilines is 1. The summed E-state index contributed by atoms with van der Waals surface area (Å²) in [5.74, 6) is 0.574. The van der Waals surface area contributed by atoms with Gasteiger partial charge in [0.15, 0.2) is 0 Å². The summed E-state index contributed by atoms with van der Waals surface area (Å²) in [7, 11) is -2.15. The van der Waals surface area contributed by atoms with E-state index < -0.39 is 10.0 Å². The Bertz CT molecular complexity index is 786. The molecule has 24 heavy (non-hydrogen) atoms. The van der Waals surface area contributed by atoms with Crippen LogP contribution in [-0.4, -0.2) is 28.3 Å². The first-order chi connectivity index (χ1) is 11.5. The molecule has 6 nitrogen and oxygen atoms in total. The molecule has 2 aromatic rings. The number of sulfonamides is 1. The third-order valence-corrected chi connectivity index (χ3v) is 4.51. The van der Waals surface area contributed by atoms with Gasteiger partial charge in [0, 0.05) is 18.7 Å². The lowest BCUT2D eigenvalue weighted by atomic mass is 10.2. The van der Waals surface area contributed by atoms with E-state index in [-0.39, 0.29) is 4.90 Å². The fourth-order valence-corrected chi connectivity index (χ4v) is 2.99. The number of nitrogens with zero attached hydrogens (tertiary/aromatic N) is 1. The highest BCUT2D eigenvalue weighted by molar-refractivity contribution is 7.92. The van der Waals surface area contributed by atoms with E-state index in [1.165, 1.54) is 7.11 Å². The van der Waals surface area contributed by atoms with E-state index in [1.807, 2.05) is 6.92 Å². The van der Waals surface area contributed by atoms with Crippen molar-refractivity contribution in [3.05, 3.63) is 54.1 Å². The van der Waals surface area contributed by atoms with Crippen molar-refractivity contribution in [2.24, 2.45) is 5.16 Å². The van der Waals surface area contributed by atoms with Gasteiger partial charge in [-0.25, -0.2) is 8.42 Å². The summed E-state index contributed by atoms with van der Waals surface area (Å²) in [6.45, 7) is 2.32. The van der Waals surface area contributed by atoms with Gasteiger partial charge < -0.3 is 9.57 Å². The van der Waals surface area contributed by atoms with Crippen molar-refractivity contribution in [1.82, 2.24) is 0 Å². The van der Waals surface area contributed by atoms with Crippen LogP contribution in [0.3, 0.4) is 0 Å². The first kappa shape index (κ1) is 17.8. The Labute approximate surface area is 142 Å². The van der Waals surface area contributed by atoms with E-state index in [0.717, 1.165) is 5.56 Å². The van der Waals surface area contributed by atoms with Crippen LogP contribution in [0.25, 0.3) is 0 Å². The zero-order chi connectivity index (χ0) is 17.4. The molecule has 0 aliphatic heterocycles. The topological polar surface area (TPSA) is 77.0 Å². The van der Waals surface area contributed by atoms with Gasteiger partial charge in [-0.1, -0.05) is 28.9 Å². The molecule has 0 spiro atoms. The van der Waals surface area contributed by atoms with Crippen LogP contribution < -0.4 is 9.46 Å². The van der Waals surface area contributed by atoms with Gasteiger partial charge in [-0.05, 0) is 31.2 Å². The number of nitrogens with one attached hydrogen (secondary N) is 1. The molecule has 0 amide bonds. The highest BCUT2D eigenvalue weighted by Gasteiger charge is 2.14. The second-order valence-corrected chi connectivity index (χ2v) is 6.74. The molecular formula is C17H20N2O4S. The second kappa shape index (κ2) is 8.35. The van der Waals surface area contributed by atoms with Gasteiger partial charge in [0.25, 0.3) is 10.0 Å². The number of oxime groups is 1. The molecule has 128 valence electrons. The minimum Gasteiger partial charge on any atom is -0.493 e. The van der Waals surface area contributed by atoms with Crippen molar-refractivity contribution in [3.63, 3.8) is 0 Å². The number of ether oxygens (including phenoxy) is 1. The summed E-state index contributed by atoms with van der Waals surface area (Å²) < 4.78 is 32.8. The van der Waals surface area contributed by atoms with Gasteiger partial charge in [0.1, 0.15) is 12.9 Å². The summed E-state index contributed by atoms with van der Waals surface area (Å²) in [5.41, 5.74) is 1.44. The number of hydrogen-bond donors (Lipinski definition) is 1.